The van der Waals surface area contributed by atoms with E-state index in [4.69, 9.17) is 19.4 Å². The summed E-state index contributed by atoms with van der Waals surface area (Å²) < 4.78 is 11.7. The minimum Gasteiger partial charge on any atom is -0.497 e. The molecule has 0 amide bonds. The lowest BCUT2D eigenvalue weighted by Gasteiger charge is -2.06. The summed E-state index contributed by atoms with van der Waals surface area (Å²) in [4.78, 5) is 17.3. The van der Waals surface area contributed by atoms with Gasteiger partial charge in [0.25, 0.3) is 0 Å². The van der Waals surface area contributed by atoms with E-state index >= 15 is 0 Å². The van der Waals surface area contributed by atoms with Crippen molar-refractivity contribution in [3.8, 4) is 33.8 Å². The molecule has 0 atom stereocenters. The Morgan fingerprint density at radius 1 is 0.561 bits per heavy atom. The lowest BCUT2D eigenvalue weighted by atomic mass is 10.0. The maximum atomic E-state index is 5.40. The number of aromatic nitrogens is 4. The topological polar surface area (TPSA) is 75.8 Å². The summed E-state index contributed by atoms with van der Waals surface area (Å²) in [5.41, 5.74) is 11.3. The largest absolute Gasteiger partial charge is 0.497 e. The Balaban J connectivity index is 1.55. The number of aromatic amines is 2. The number of hydrogen-bond acceptors (Lipinski definition) is 4. The molecule has 0 spiro atoms. The van der Waals surface area contributed by atoms with Crippen molar-refractivity contribution in [1.29, 1.82) is 0 Å². The average Bonchev–Trinajstić information content (AvgIpc) is 3.83. The third-order valence-electron chi connectivity index (χ3n) is 7.27. The van der Waals surface area contributed by atoms with E-state index in [9.17, 15) is 0 Å². The second-order valence-corrected chi connectivity index (χ2v) is 10.5. The molecule has 8 bridgehead atoms. The summed E-state index contributed by atoms with van der Waals surface area (Å²) in [6.45, 7) is 0. The molecular formula is C34H25BrN4O2. The molecule has 200 valence electrons. The fourth-order valence-corrected chi connectivity index (χ4v) is 5.68. The molecule has 0 radical (unpaired) electrons. The van der Waals surface area contributed by atoms with Gasteiger partial charge in [-0.1, -0.05) is 24.3 Å². The number of hydrogen-bond donors (Lipinski definition) is 2. The summed E-state index contributed by atoms with van der Waals surface area (Å²) in [5, 5.41) is 0. The van der Waals surface area contributed by atoms with Gasteiger partial charge in [0, 0.05) is 27.7 Å². The van der Waals surface area contributed by atoms with Gasteiger partial charge >= 0.3 is 0 Å². The van der Waals surface area contributed by atoms with Gasteiger partial charge in [-0.15, -0.1) is 0 Å². The number of rotatable bonds is 4. The monoisotopic (exact) mass is 600 g/mol. The van der Waals surface area contributed by atoms with Gasteiger partial charge in [0.1, 0.15) is 11.5 Å². The van der Waals surface area contributed by atoms with Gasteiger partial charge in [0.05, 0.1) is 47.0 Å². The highest BCUT2D eigenvalue weighted by Gasteiger charge is 2.15. The summed E-state index contributed by atoms with van der Waals surface area (Å²) in [6.07, 6.45) is 8.20. The number of fused-ring (bicyclic) bond motifs is 8. The molecule has 0 aliphatic carbocycles. The van der Waals surface area contributed by atoms with Crippen molar-refractivity contribution in [3.05, 3.63) is 106 Å². The Morgan fingerprint density at radius 3 is 1.76 bits per heavy atom. The molecule has 7 rings (SSSR count). The van der Waals surface area contributed by atoms with E-state index in [0.717, 1.165) is 83.1 Å². The molecular weight excluding hydrogens is 576 g/mol. The van der Waals surface area contributed by atoms with Crippen LogP contribution in [0.25, 0.3) is 68.6 Å². The van der Waals surface area contributed by atoms with Gasteiger partial charge in [0.2, 0.25) is 0 Å². The number of nitrogens with one attached hydrogen (secondary N) is 2. The first kappa shape index (κ1) is 25.1. The zero-order chi connectivity index (χ0) is 27.9. The number of H-pyrrole nitrogens is 2. The number of ether oxygens (including phenoxy) is 2. The molecule has 0 saturated carbocycles. The van der Waals surface area contributed by atoms with E-state index in [2.05, 4.69) is 92.6 Å². The van der Waals surface area contributed by atoms with Crippen molar-refractivity contribution in [3.63, 3.8) is 0 Å². The molecule has 5 aromatic rings. The van der Waals surface area contributed by atoms with Gasteiger partial charge in [-0.05, 0) is 106 Å². The van der Waals surface area contributed by atoms with Crippen LogP contribution in [-0.2, 0) is 0 Å². The molecule has 5 heterocycles. The van der Waals surface area contributed by atoms with E-state index in [-0.39, 0.29) is 0 Å². The van der Waals surface area contributed by atoms with Gasteiger partial charge in [-0.25, -0.2) is 9.97 Å². The molecule has 0 unspecified atom stereocenters. The molecule has 7 heteroatoms. The Hall–Kier alpha value is -4.88. The summed E-state index contributed by atoms with van der Waals surface area (Å²) in [5.74, 6) is 1.61. The molecule has 3 aromatic heterocycles. The molecule has 2 aliphatic rings. The van der Waals surface area contributed by atoms with E-state index < -0.39 is 0 Å². The van der Waals surface area contributed by atoms with Crippen molar-refractivity contribution < 1.29 is 9.47 Å². The Labute approximate surface area is 245 Å². The van der Waals surface area contributed by atoms with E-state index in [1.165, 1.54) is 0 Å². The fraction of sp³-hybridized carbons (Fsp3) is 0.0588. The Morgan fingerprint density at radius 2 is 1.10 bits per heavy atom. The molecule has 2 aliphatic heterocycles. The quantitative estimate of drug-likeness (QED) is 0.212. The summed E-state index contributed by atoms with van der Waals surface area (Å²) in [6, 6.07) is 26.5. The van der Waals surface area contributed by atoms with Gasteiger partial charge < -0.3 is 19.4 Å². The third kappa shape index (κ3) is 4.64. The lowest BCUT2D eigenvalue weighted by Crippen LogP contribution is -1.88. The van der Waals surface area contributed by atoms with Crippen LogP contribution in [0.1, 0.15) is 22.8 Å². The van der Waals surface area contributed by atoms with Crippen LogP contribution in [0.15, 0.2) is 83.3 Å². The van der Waals surface area contributed by atoms with Crippen molar-refractivity contribution in [2.45, 2.75) is 0 Å². The van der Waals surface area contributed by atoms with Crippen LogP contribution < -0.4 is 9.47 Å². The molecule has 6 nitrogen and oxygen atoms in total. The molecule has 0 fully saturated rings. The van der Waals surface area contributed by atoms with Gasteiger partial charge in [-0.2, -0.15) is 0 Å². The van der Waals surface area contributed by atoms with Crippen LogP contribution in [0.4, 0.5) is 0 Å². The minimum absolute atomic E-state index is 0.807. The second-order valence-electron chi connectivity index (χ2n) is 9.75. The maximum absolute atomic E-state index is 5.40. The maximum Gasteiger partial charge on any atom is 0.118 e. The van der Waals surface area contributed by atoms with E-state index in [1.807, 2.05) is 36.4 Å². The zero-order valence-electron chi connectivity index (χ0n) is 22.4. The van der Waals surface area contributed by atoms with Crippen molar-refractivity contribution >= 4 is 62.3 Å². The number of methoxy groups -OCH3 is 2. The first-order chi connectivity index (χ1) is 20.1. The SMILES string of the molecule is COc1ccc(-c2c3nc(c(Br)c4ccc([nH]4)c(-c4ccc(OC)cc4)c4nc(cc5ccc2[nH]5)C=C4)C=C3)cc1. The van der Waals surface area contributed by atoms with Gasteiger partial charge in [0.15, 0.2) is 0 Å². The van der Waals surface area contributed by atoms with Crippen molar-refractivity contribution in [2.24, 2.45) is 0 Å². The standard InChI is InChI=1S/C34H25BrN4O2/c1-40-24-9-3-20(4-10-24)32-26-13-7-22(36-26)19-23-8-14-27(37-23)33(21-5-11-25(41-2)12-6-21)29-16-18-31(39-29)34(35)30-17-15-28(32)38-30/h3-19,36,39H,1-2H3. The lowest BCUT2D eigenvalue weighted by molar-refractivity contribution is 0.415. The van der Waals surface area contributed by atoms with Crippen LogP contribution in [0.2, 0.25) is 0 Å². The zero-order valence-corrected chi connectivity index (χ0v) is 24.0. The second kappa shape index (κ2) is 10.3. The van der Waals surface area contributed by atoms with Crippen LogP contribution in [-0.4, -0.2) is 34.2 Å². The van der Waals surface area contributed by atoms with Crippen molar-refractivity contribution in [2.75, 3.05) is 14.2 Å². The molecule has 2 aromatic carbocycles. The summed E-state index contributed by atoms with van der Waals surface area (Å²) in [7, 11) is 3.35. The highest BCUT2D eigenvalue weighted by molar-refractivity contribution is 9.10. The fourth-order valence-electron chi connectivity index (χ4n) is 5.23. The van der Waals surface area contributed by atoms with Crippen molar-refractivity contribution in [1.82, 2.24) is 19.9 Å². The van der Waals surface area contributed by atoms with Gasteiger partial charge in [-0.3, -0.25) is 0 Å². The normalized spacial score (nSPS) is 12.1. The number of nitrogens with zero attached hydrogens (tertiary/aromatic N) is 2. The van der Waals surface area contributed by atoms with Crippen LogP contribution in [0.5, 0.6) is 11.5 Å². The molecule has 2 N–H and O–H groups in total. The van der Waals surface area contributed by atoms with Crippen LogP contribution in [0.3, 0.4) is 0 Å². The number of halogens is 1. The Bertz CT molecular complexity index is 1970. The Kier molecular flexibility index (Phi) is 6.29. The smallest absolute Gasteiger partial charge is 0.118 e. The minimum atomic E-state index is 0.807. The predicted molar refractivity (Wildman–Crippen MR) is 171 cm³/mol. The van der Waals surface area contributed by atoms with Crippen LogP contribution in [0, 0.1) is 0 Å². The average molecular weight is 602 g/mol. The third-order valence-corrected chi connectivity index (χ3v) is 8.10. The predicted octanol–water partition coefficient (Wildman–Crippen LogP) is 8.77. The van der Waals surface area contributed by atoms with E-state index in [1.54, 1.807) is 14.2 Å². The van der Waals surface area contributed by atoms with E-state index in [0.29, 0.717) is 0 Å². The van der Waals surface area contributed by atoms with Crippen LogP contribution >= 0.6 is 15.9 Å². The highest BCUT2D eigenvalue weighted by atomic mass is 79.9. The summed E-state index contributed by atoms with van der Waals surface area (Å²) >= 11 is 3.83. The first-order valence-electron chi connectivity index (χ1n) is 13.2. The molecule has 41 heavy (non-hydrogen) atoms. The highest BCUT2D eigenvalue weighted by Crippen LogP contribution is 2.35. The number of benzene rings is 2. The first-order valence-corrected chi connectivity index (χ1v) is 14.0. The molecule has 0 saturated heterocycles.